The van der Waals surface area contributed by atoms with Crippen molar-refractivity contribution < 1.29 is 23.2 Å². The van der Waals surface area contributed by atoms with Gasteiger partial charge in [0.2, 0.25) is 10.0 Å². The first-order valence-corrected chi connectivity index (χ1v) is 11.8. The van der Waals surface area contributed by atoms with E-state index in [-0.39, 0.29) is 46.8 Å². The molecule has 0 aromatic heterocycles. The summed E-state index contributed by atoms with van der Waals surface area (Å²) in [5.41, 5.74) is 1.11. The summed E-state index contributed by atoms with van der Waals surface area (Å²) in [5.74, 6) is 0.349. The number of ether oxygens (including phenoxy) is 1. The van der Waals surface area contributed by atoms with Gasteiger partial charge in [0.15, 0.2) is 0 Å². The Morgan fingerprint density at radius 2 is 1.90 bits per heavy atom. The fourth-order valence-electron chi connectivity index (χ4n) is 3.78. The van der Waals surface area contributed by atoms with Crippen molar-refractivity contribution in [3.05, 3.63) is 51.6 Å². The maximum atomic E-state index is 13.4. The highest BCUT2D eigenvalue weighted by atomic mass is 32.2. The molecule has 0 radical (unpaired) electrons. The van der Waals surface area contributed by atoms with Crippen LogP contribution in [0.4, 0.5) is 5.69 Å². The standard InChI is InChI=1S/C21H25N3O6S/c1-2-14-9-16(25)11-17(10-14)30-20-12-18(15-3-4-15)19(24(26)27)13-21(20)31(28,29)23-7-5-22-6-8-23/h9-13,15,22,25H,2-8H2,1H3. The first-order chi connectivity index (χ1) is 14.8. The Morgan fingerprint density at radius 1 is 1.19 bits per heavy atom. The summed E-state index contributed by atoms with van der Waals surface area (Å²) in [7, 11) is -4.02. The number of nitrogens with zero attached hydrogens (tertiary/aromatic N) is 2. The minimum Gasteiger partial charge on any atom is -0.508 e. The minimum atomic E-state index is -4.02. The van der Waals surface area contributed by atoms with Gasteiger partial charge < -0.3 is 15.2 Å². The number of phenolic OH excluding ortho intramolecular Hbond substituents is 1. The van der Waals surface area contributed by atoms with E-state index in [0.29, 0.717) is 25.1 Å². The summed E-state index contributed by atoms with van der Waals surface area (Å²) in [5, 5.41) is 24.8. The Bertz CT molecular complexity index is 1110. The number of nitro benzene ring substituents is 1. The SMILES string of the molecule is CCc1cc(O)cc(Oc2cc(C3CC3)c([N+](=O)[O-])cc2S(=O)(=O)N2CCNCC2)c1. The molecule has 2 fully saturated rings. The number of phenols is 1. The fraction of sp³-hybridized carbons (Fsp3) is 0.429. The lowest BCUT2D eigenvalue weighted by Gasteiger charge is -2.27. The van der Waals surface area contributed by atoms with Gasteiger partial charge in [-0.05, 0) is 48.9 Å². The molecule has 2 aromatic rings. The Balaban J connectivity index is 1.84. The van der Waals surface area contributed by atoms with Gasteiger partial charge >= 0.3 is 0 Å². The number of nitrogens with one attached hydrogen (secondary N) is 1. The largest absolute Gasteiger partial charge is 0.508 e. The zero-order valence-corrected chi connectivity index (χ0v) is 18.0. The molecule has 0 atom stereocenters. The third kappa shape index (κ3) is 4.51. The van der Waals surface area contributed by atoms with Crippen LogP contribution in [0.1, 0.15) is 36.8 Å². The molecule has 0 bridgehead atoms. The van der Waals surface area contributed by atoms with Gasteiger partial charge in [-0.1, -0.05) is 6.92 Å². The number of piperazine rings is 1. The third-order valence-electron chi connectivity index (χ3n) is 5.59. The summed E-state index contributed by atoms with van der Waals surface area (Å²) in [6.45, 7) is 3.47. The van der Waals surface area contributed by atoms with Crippen molar-refractivity contribution in [1.29, 1.82) is 0 Å². The number of hydrogen-bond donors (Lipinski definition) is 2. The molecule has 4 rings (SSSR count). The third-order valence-corrected chi connectivity index (χ3v) is 7.51. The van der Waals surface area contributed by atoms with Crippen LogP contribution in [-0.4, -0.2) is 48.9 Å². The molecule has 0 unspecified atom stereocenters. The van der Waals surface area contributed by atoms with Crippen LogP contribution in [-0.2, 0) is 16.4 Å². The lowest BCUT2D eigenvalue weighted by Crippen LogP contribution is -2.46. The van der Waals surface area contributed by atoms with E-state index >= 15 is 0 Å². The van der Waals surface area contributed by atoms with E-state index in [0.717, 1.165) is 24.5 Å². The van der Waals surface area contributed by atoms with Crippen LogP contribution in [0.25, 0.3) is 0 Å². The predicted molar refractivity (Wildman–Crippen MR) is 114 cm³/mol. The van der Waals surface area contributed by atoms with E-state index in [4.69, 9.17) is 4.74 Å². The van der Waals surface area contributed by atoms with Crippen LogP contribution in [0.2, 0.25) is 0 Å². The van der Waals surface area contributed by atoms with Crippen molar-refractivity contribution in [2.75, 3.05) is 26.2 Å². The van der Waals surface area contributed by atoms with Gasteiger partial charge in [-0.2, -0.15) is 4.31 Å². The van der Waals surface area contributed by atoms with Gasteiger partial charge in [0.05, 0.1) is 4.92 Å². The number of sulfonamides is 1. The second kappa shape index (κ2) is 8.45. The summed E-state index contributed by atoms with van der Waals surface area (Å²) in [6.07, 6.45) is 2.29. The van der Waals surface area contributed by atoms with Crippen LogP contribution in [0.5, 0.6) is 17.2 Å². The maximum absolute atomic E-state index is 13.4. The van der Waals surface area contributed by atoms with E-state index in [2.05, 4.69) is 5.32 Å². The molecule has 166 valence electrons. The lowest BCUT2D eigenvalue weighted by atomic mass is 10.1. The smallest absolute Gasteiger partial charge is 0.274 e. The van der Waals surface area contributed by atoms with Gasteiger partial charge in [-0.25, -0.2) is 8.42 Å². The minimum absolute atomic E-state index is 0.00481. The second-order valence-corrected chi connectivity index (χ2v) is 9.74. The second-order valence-electron chi connectivity index (χ2n) is 7.83. The van der Waals surface area contributed by atoms with Gasteiger partial charge in [-0.3, -0.25) is 10.1 Å². The van der Waals surface area contributed by atoms with Crippen molar-refractivity contribution in [1.82, 2.24) is 9.62 Å². The first kappa shape index (κ1) is 21.5. The predicted octanol–water partition coefficient (Wildman–Crippen LogP) is 3.13. The summed E-state index contributed by atoms with van der Waals surface area (Å²) < 4.78 is 34.1. The van der Waals surface area contributed by atoms with E-state index in [1.165, 1.54) is 16.4 Å². The van der Waals surface area contributed by atoms with Crippen molar-refractivity contribution in [3.63, 3.8) is 0 Å². The fourth-order valence-corrected chi connectivity index (χ4v) is 5.34. The summed E-state index contributed by atoms with van der Waals surface area (Å²) in [6, 6.07) is 7.35. The van der Waals surface area contributed by atoms with Crippen LogP contribution in [0.15, 0.2) is 35.2 Å². The molecule has 1 saturated heterocycles. The van der Waals surface area contributed by atoms with Crippen LogP contribution >= 0.6 is 0 Å². The van der Waals surface area contributed by atoms with E-state index in [1.54, 1.807) is 12.1 Å². The molecule has 1 aliphatic carbocycles. The summed E-state index contributed by atoms with van der Waals surface area (Å²) in [4.78, 5) is 11.0. The molecule has 10 heteroatoms. The average molecular weight is 448 g/mol. The molecule has 1 saturated carbocycles. The van der Waals surface area contributed by atoms with Crippen LogP contribution in [0, 0.1) is 10.1 Å². The quantitative estimate of drug-likeness (QED) is 0.494. The highest BCUT2D eigenvalue weighted by molar-refractivity contribution is 7.89. The molecule has 1 heterocycles. The number of hydrogen-bond acceptors (Lipinski definition) is 7. The van der Waals surface area contributed by atoms with E-state index in [9.17, 15) is 23.6 Å². The molecule has 2 N–H and O–H groups in total. The Morgan fingerprint density at radius 3 is 2.52 bits per heavy atom. The highest BCUT2D eigenvalue weighted by Gasteiger charge is 2.36. The molecule has 31 heavy (non-hydrogen) atoms. The van der Waals surface area contributed by atoms with Gasteiger partial charge in [0.1, 0.15) is 22.1 Å². The van der Waals surface area contributed by atoms with Crippen molar-refractivity contribution >= 4 is 15.7 Å². The monoisotopic (exact) mass is 447 g/mol. The van der Waals surface area contributed by atoms with Crippen molar-refractivity contribution in [3.8, 4) is 17.2 Å². The van der Waals surface area contributed by atoms with Crippen molar-refractivity contribution in [2.24, 2.45) is 0 Å². The number of nitro groups is 1. The van der Waals surface area contributed by atoms with Crippen LogP contribution in [0.3, 0.4) is 0 Å². The molecule has 2 aliphatic rings. The topological polar surface area (TPSA) is 122 Å². The molecule has 2 aromatic carbocycles. The normalized spacial score (nSPS) is 17.5. The molecular weight excluding hydrogens is 422 g/mol. The van der Waals surface area contributed by atoms with Crippen LogP contribution < -0.4 is 10.1 Å². The molecule has 0 amide bonds. The Labute approximate surface area is 180 Å². The molecule has 1 aliphatic heterocycles. The van der Waals surface area contributed by atoms with Gasteiger partial charge in [0, 0.05) is 43.9 Å². The number of aromatic hydroxyl groups is 1. The zero-order chi connectivity index (χ0) is 22.2. The van der Waals surface area contributed by atoms with Gasteiger partial charge in [-0.15, -0.1) is 0 Å². The summed E-state index contributed by atoms with van der Waals surface area (Å²) >= 11 is 0. The Hall–Kier alpha value is -2.69. The maximum Gasteiger partial charge on any atom is 0.274 e. The number of aryl methyl sites for hydroxylation is 1. The lowest BCUT2D eigenvalue weighted by molar-refractivity contribution is -0.385. The Kier molecular flexibility index (Phi) is 5.87. The highest BCUT2D eigenvalue weighted by Crippen LogP contribution is 2.48. The van der Waals surface area contributed by atoms with Crippen molar-refractivity contribution in [2.45, 2.75) is 37.0 Å². The number of benzene rings is 2. The zero-order valence-electron chi connectivity index (χ0n) is 17.2. The van der Waals surface area contributed by atoms with E-state index in [1.807, 2.05) is 6.92 Å². The first-order valence-electron chi connectivity index (χ1n) is 10.3. The average Bonchev–Trinajstić information content (AvgIpc) is 3.58. The van der Waals surface area contributed by atoms with E-state index < -0.39 is 14.9 Å². The molecule has 0 spiro atoms. The molecular formula is C21H25N3O6S. The molecule has 9 nitrogen and oxygen atoms in total. The number of rotatable bonds is 7. The van der Waals surface area contributed by atoms with Gasteiger partial charge in [0.25, 0.3) is 5.69 Å².